The number of hydrogen-bond donors (Lipinski definition) is 2. The monoisotopic (exact) mass is 697 g/mol. The van der Waals surface area contributed by atoms with E-state index < -0.39 is 16.8 Å². The van der Waals surface area contributed by atoms with Crippen molar-refractivity contribution in [1.82, 2.24) is 10.2 Å². The van der Waals surface area contributed by atoms with Crippen LogP contribution in [0.2, 0.25) is 0 Å². The summed E-state index contributed by atoms with van der Waals surface area (Å²) in [6, 6.07) is 0. The molecule has 0 radical (unpaired) electrons. The summed E-state index contributed by atoms with van der Waals surface area (Å²) in [5.74, 6) is 4.72. The van der Waals surface area contributed by atoms with Gasteiger partial charge >= 0.3 is 5.97 Å². The van der Waals surface area contributed by atoms with Crippen molar-refractivity contribution in [2.75, 3.05) is 37.7 Å². The molecule has 0 spiro atoms. The van der Waals surface area contributed by atoms with E-state index >= 15 is 0 Å². The molecule has 0 bridgehead atoms. The van der Waals surface area contributed by atoms with Gasteiger partial charge in [0.15, 0.2) is 0 Å². The van der Waals surface area contributed by atoms with Crippen molar-refractivity contribution in [1.29, 1.82) is 0 Å². The van der Waals surface area contributed by atoms with Crippen LogP contribution < -0.4 is 5.32 Å². The maximum atomic E-state index is 11.9. The average molecular weight is 697 g/mol. The predicted octanol–water partition coefficient (Wildman–Crippen LogP) is 9.26. The molecule has 10 atom stereocenters. The summed E-state index contributed by atoms with van der Waals surface area (Å²) in [5, 5.41) is 14.0. The standard InChI is InChI=1S/C40H66N2O3S.C3H6/c1-36(2)30(27-28-8-6-9-29(26-28)35(43)44)13-16-37(3)33(36)14-17-39(5)34(37)12-11-31-32-10-7-15-40(32,19-18-38(31,39)4)41-20-21-42-22-24-46(45)25-23-42;1-3-2/h13,28-29,31-34,41H,6-12,14-27H2,1-5H3,(H,43,44);3H,1H2,2H3/t28?,29?,31?,32-,33?,34?,37?,38-,39?,40?;/m1./s1. The number of fused-ring (bicyclic) bond motifs is 7. The van der Waals surface area contributed by atoms with Gasteiger partial charge in [-0.3, -0.25) is 9.00 Å². The smallest absolute Gasteiger partial charge is 0.306 e. The van der Waals surface area contributed by atoms with Gasteiger partial charge in [0.1, 0.15) is 0 Å². The number of aliphatic carboxylic acids is 1. The Morgan fingerprint density at radius 2 is 1.67 bits per heavy atom. The van der Waals surface area contributed by atoms with Gasteiger partial charge in [-0.25, -0.2) is 0 Å². The first-order chi connectivity index (χ1) is 23.2. The summed E-state index contributed by atoms with van der Waals surface area (Å²) < 4.78 is 11.9. The fourth-order valence-corrected chi connectivity index (χ4v) is 15.4. The third-order valence-electron chi connectivity index (χ3n) is 16.9. The number of hydrogen-bond acceptors (Lipinski definition) is 4. The summed E-state index contributed by atoms with van der Waals surface area (Å²) in [6.07, 6.45) is 23.3. The lowest BCUT2D eigenvalue weighted by Gasteiger charge is -2.72. The van der Waals surface area contributed by atoms with Crippen LogP contribution in [0, 0.1) is 57.2 Å². The van der Waals surface area contributed by atoms with E-state index in [1.165, 1.54) is 70.6 Å². The minimum absolute atomic E-state index is 0.130. The van der Waals surface area contributed by atoms with Crippen molar-refractivity contribution in [2.45, 2.75) is 143 Å². The number of nitrogens with one attached hydrogen (secondary N) is 1. The van der Waals surface area contributed by atoms with E-state index in [2.05, 4.69) is 57.5 Å². The van der Waals surface area contributed by atoms with Gasteiger partial charge in [0.25, 0.3) is 0 Å². The summed E-state index contributed by atoms with van der Waals surface area (Å²) in [6.45, 7) is 22.8. The maximum absolute atomic E-state index is 11.9. The van der Waals surface area contributed by atoms with Crippen molar-refractivity contribution < 1.29 is 14.1 Å². The Labute approximate surface area is 302 Å². The zero-order chi connectivity index (χ0) is 35.2. The van der Waals surface area contributed by atoms with Gasteiger partial charge in [-0.1, -0.05) is 71.6 Å². The Bertz CT molecular complexity index is 1270. The molecule has 2 N–H and O–H groups in total. The molecule has 0 amide bonds. The van der Waals surface area contributed by atoms with Gasteiger partial charge in [-0.15, -0.1) is 6.58 Å². The normalized spacial score (nSPS) is 45.0. The van der Waals surface area contributed by atoms with Crippen LogP contribution in [0.15, 0.2) is 24.3 Å². The zero-order valence-electron chi connectivity index (χ0n) is 32.3. The van der Waals surface area contributed by atoms with E-state index in [4.69, 9.17) is 0 Å². The Morgan fingerprint density at radius 1 is 0.939 bits per heavy atom. The van der Waals surface area contributed by atoms with E-state index in [1.807, 2.05) is 6.92 Å². The minimum Gasteiger partial charge on any atom is -0.481 e. The second-order valence-electron chi connectivity index (χ2n) is 19.3. The van der Waals surface area contributed by atoms with Crippen LogP contribution >= 0.6 is 0 Å². The Hall–Kier alpha value is -0.980. The molecule has 5 saturated carbocycles. The van der Waals surface area contributed by atoms with Gasteiger partial charge in [0.05, 0.1) is 5.92 Å². The van der Waals surface area contributed by atoms with E-state index in [0.29, 0.717) is 27.7 Å². The van der Waals surface area contributed by atoms with Crippen LogP contribution in [-0.4, -0.2) is 63.4 Å². The van der Waals surface area contributed by atoms with Gasteiger partial charge in [0.2, 0.25) is 0 Å². The highest BCUT2D eigenvalue weighted by molar-refractivity contribution is 7.85. The topological polar surface area (TPSA) is 69.6 Å². The molecule has 1 heterocycles. The third kappa shape index (κ3) is 6.62. The molecule has 1 aliphatic heterocycles. The third-order valence-corrected chi connectivity index (χ3v) is 18.2. The SMILES string of the molecule is C=CC.CC1(C)C(CC2CCCC(C(=O)O)C2)=CCC2(C)C1CCC1(C)C2CCC2[C@H]3CCCC3(NCCN3CCS(=O)CC3)CC[C@]21C. The molecule has 0 aromatic heterocycles. The number of carbonyl (C=O) groups is 1. The van der Waals surface area contributed by atoms with E-state index in [0.717, 1.165) is 87.0 Å². The van der Waals surface area contributed by atoms with Crippen molar-refractivity contribution >= 4 is 16.8 Å². The van der Waals surface area contributed by atoms with Crippen molar-refractivity contribution in [2.24, 2.45) is 57.2 Å². The van der Waals surface area contributed by atoms with Crippen molar-refractivity contribution in [3.05, 3.63) is 24.3 Å². The Morgan fingerprint density at radius 3 is 2.39 bits per heavy atom. The zero-order valence-corrected chi connectivity index (χ0v) is 33.1. The number of carboxylic acids is 1. The second kappa shape index (κ2) is 14.4. The van der Waals surface area contributed by atoms with Crippen LogP contribution in [-0.2, 0) is 15.6 Å². The molecule has 6 aliphatic carbocycles. The van der Waals surface area contributed by atoms with E-state index in [1.54, 1.807) is 11.6 Å². The summed E-state index contributed by atoms with van der Waals surface area (Å²) in [5.41, 5.74) is 3.37. The quantitative estimate of drug-likeness (QED) is 0.260. The highest BCUT2D eigenvalue weighted by Gasteiger charge is 2.69. The fourth-order valence-electron chi connectivity index (χ4n) is 14.3. The first-order valence-electron chi connectivity index (χ1n) is 20.6. The van der Waals surface area contributed by atoms with Crippen LogP contribution in [0.1, 0.15) is 138 Å². The Balaban J connectivity index is 0.00000134. The van der Waals surface area contributed by atoms with Crippen LogP contribution in [0.4, 0.5) is 0 Å². The molecule has 278 valence electrons. The number of allylic oxidation sites excluding steroid dienone is 3. The lowest BCUT2D eigenvalue weighted by Crippen LogP contribution is -2.67. The van der Waals surface area contributed by atoms with Crippen molar-refractivity contribution in [3.8, 4) is 0 Å². The van der Waals surface area contributed by atoms with Crippen LogP contribution in [0.3, 0.4) is 0 Å². The maximum Gasteiger partial charge on any atom is 0.306 e. The molecule has 6 heteroatoms. The molecule has 49 heavy (non-hydrogen) atoms. The largest absolute Gasteiger partial charge is 0.481 e. The molecule has 5 nitrogen and oxygen atoms in total. The van der Waals surface area contributed by atoms with E-state index in [9.17, 15) is 14.1 Å². The molecule has 6 fully saturated rings. The Kier molecular flexibility index (Phi) is 11.1. The molecular weight excluding hydrogens is 625 g/mol. The highest BCUT2D eigenvalue weighted by atomic mass is 32.2. The number of nitrogens with zero attached hydrogens (tertiary/aromatic N) is 1. The van der Waals surface area contributed by atoms with Crippen LogP contribution in [0.5, 0.6) is 0 Å². The molecule has 7 aliphatic rings. The highest BCUT2D eigenvalue weighted by Crippen LogP contribution is 2.76. The van der Waals surface area contributed by atoms with Gasteiger partial charge in [-0.2, -0.15) is 0 Å². The van der Waals surface area contributed by atoms with Gasteiger partial charge in [0, 0.05) is 54.0 Å². The summed E-state index contributed by atoms with van der Waals surface area (Å²) in [4.78, 5) is 14.3. The molecule has 0 aromatic rings. The number of rotatable bonds is 7. The fraction of sp³-hybridized carbons (Fsp3) is 0.884. The molecular formula is C43H72N2O3S. The molecule has 0 aromatic carbocycles. The first-order valence-corrected chi connectivity index (χ1v) is 22.0. The predicted molar refractivity (Wildman–Crippen MR) is 205 cm³/mol. The van der Waals surface area contributed by atoms with Gasteiger partial charge < -0.3 is 15.3 Å². The molecule has 8 unspecified atom stereocenters. The molecule has 1 saturated heterocycles. The first kappa shape index (κ1) is 37.8. The lowest BCUT2D eigenvalue weighted by atomic mass is 9.33. The summed E-state index contributed by atoms with van der Waals surface area (Å²) in [7, 11) is -0.593. The second-order valence-corrected chi connectivity index (χ2v) is 21.0. The summed E-state index contributed by atoms with van der Waals surface area (Å²) >= 11 is 0. The molecule has 7 rings (SSSR count). The minimum atomic E-state index is -0.593. The van der Waals surface area contributed by atoms with E-state index in [-0.39, 0.29) is 11.3 Å². The van der Waals surface area contributed by atoms with Crippen molar-refractivity contribution in [3.63, 3.8) is 0 Å². The lowest BCUT2D eigenvalue weighted by molar-refractivity contribution is -0.219. The average Bonchev–Trinajstić information content (AvgIpc) is 3.48. The number of carboxylic acid groups (broad SMARTS) is 1. The van der Waals surface area contributed by atoms with Gasteiger partial charge in [-0.05, 0) is 135 Å². The van der Waals surface area contributed by atoms with Crippen LogP contribution in [0.25, 0.3) is 0 Å².